The first-order valence-electron chi connectivity index (χ1n) is 5.64. The van der Waals surface area contributed by atoms with Crippen LogP contribution in [0.1, 0.15) is 24.2 Å². The zero-order chi connectivity index (χ0) is 15.4. The molecular weight excluding hydrogens is 270 g/mol. The fourth-order valence-electron chi connectivity index (χ4n) is 1.37. The molecule has 0 aromatic carbocycles. The Morgan fingerprint density at radius 3 is 2.55 bits per heavy atom. The van der Waals surface area contributed by atoms with Crippen LogP contribution >= 0.6 is 0 Å². The predicted molar refractivity (Wildman–Crippen MR) is 67.4 cm³/mol. The Balaban J connectivity index is 2.98. The second-order valence-corrected chi connectivity index (χ2v) is 4.25. The van der Waals surface area contributed by atoms with Gasteiger partial charge in [0.2, 0.25) is 0 Å². The van der Waals surface area contributed by atoms with E-state index in [9.17, 15) is 24.5 Å². The average Bonchev–Trinajstić information content (AvgIpc) is 2.37. The second-order valence-electron chi connectivity index (χ2n) is 4.25. The number of aromatic nitrogens is 1. The van der Waals surface area contributed by atoms with Crippen LogP contribution in [0.25, 0.3) is 0 Å². The van der Waals surface area contributed by atoms with Gasteiger partial charge in [0, 0.05) is 12.1 Å². The van der Waals surface area contributed by atoms with E-state index in [4.69, 9.17) is 5.11 Å². The van der Waals surface area contributed by atoms with Crippen molar-refractivity contribution in [3.63, 3.8) is 0 Å². The Morgan fingerprint density at radius 2 is 2.05 bits per heavy atom. The molecular formula is C11H13N3O6. The van der Waals surface area contributed by atoms with Gasteiger partial charge in [0.25, 0.3) is 17.2 Å². The molecule has 0 spiro atoms. The number of aliphatic carboxylic acids is 1. The number of hydrogen-bond donors (Lipinski definition) is 3. The van der Waals surface area contributed by atoms with Gasteiger partial charge in [-0.15, -0.1) is 0 Å². The van der Waals surface area contributed by atoms with Gasteiger partial charge in [-0.3, -0.25) is 24.5 Å². The zero-order valence-corrected chi connectivity index (χ0v) is 10.7. The molecule has 0 fully saturated rings. The Bertz CT molecular complexity index is 608. The highest BCUT2D eigenvalue weighted by Crippen LogP contribution is 2.09. The Labute approximate surface area is 112 Å². The quantitative estimate of drug-likeness (QED) is 0.517. The number of pyridine rings is 1. The summed E-state index contributed by atoms with van der Waals surface area (Å²) < 4.78 is 0. The lowest BCUT2D eigenvalue weighted by atomic mass is 10.0. The number of carbonyl (C=O) groups is 2. The van der Waals surface area contributed by atoms with Crippen LogP contribution in [0.3, 0.4) is 0 Å². The Hall–Kier alpha value is -2.71. The average molecular weight is 283 g/mol. The Kier molecular flexibility index (Phi) is 4.57. The number of aromatic amines is 1. The van der Waals surface area contributed by atoms with Crippen molar-refractivity contribution in [1.82, 2.24) is 10.3 Å². The minimum atomic E-state index is -1.11. The van der Waals surface area contributed by atoms with E-state index < -0.39 is 45.6 Å². The van der Waals surface area contributed by atoms with Gasteiger partial charge in [0.15, 0.2) is 0 Å². The smallest absolute Gasteiger partial charge is 0.308 e. The molecule has 1 amide bonds. The van der Waals surface area contributed by atoms with Crippen LogP contribution in [0.2, 0.25) is 0 Å². The Morgan fingerprint density at radius 1 is 1.45 bits per heavy atom. The maximum atomic E-state index is 11.8. The van der Waals surface area contributed by atoms with Crippen LogP contribution in [0, 0.1) is 16.0 Å². The van der Waals surface area contributed by atoms with Crippen molar-refractivity contribution >= 4 is 17.6 Å². The van der Waals surface area contributed by atoms with Gasteiger partial charge in [-0.2, -0.15) is 0 Å². The summed E-state index contributed by atoms with van der Waals surface area (Å²) in [5.74, 6) is -2.84. The van der Waals surface area contributed by atoms with E-state index in [-0.39, 0.29) is 0 Å². The molecule has 2 atom stereocenters. The van der Waals surface area contributed by atoms with Crippen molar-refractivity contribution in [2.24, 2.45) is 5.92 Å². The normalized spacial score (nSPS) is 13.3. The molecule has 1 aromatic rings. The summed E-state index contributed by atoms with van der Waals surface area (Å²) in [7, 11) is 0. The third-order valence-corrected chi connectivity index (χ3v) is 2.84. The van der Waals surface area contributed by atoms with Crippen LogP contribution < -0.4 is 10.9 Å². The van der Waals surface area contributed by atoms with Gasteiger partial charge < -0.3 is 15.4 Å². The lowest BCUT2D eigenvalue weighted by molar-refractivity contribution is -0.385. The van der Waals surface area contributed by atoms with Crippen LogP contribution in [-0.4, -0.2) is 32.9 Å². The first-order valence-corrected chi connectivity index (χ1v) is 5.64. The number of carboxylic acid groups (broad SMARTS) is 1. The standard InChI is InChI=1S/C11H13N3O6/c1-5(11(17)18)6(2)13-10(16)8-3-7(14(19)20)4-12-9(8)15/h3-6H,1-2H3,(H,12,15)(H,13,16)(H,17,18). The number of nitrogens with zero attached hydrogens (tertiary/aromatic N) is 1. The number of nitro groups is 1. The van der Waals surface area contributed by atoms with Gasteiger partial charge in [-0.1, -0.05) is 0 Å². The van der Waals surface area contributed by atoms with Crippen molar-refractivity contribution in [2.45, 2.75) is 19.9 Å². The molecule has 1 aromatic heterocycles. The minimum absolute atomic E-state index is 0.436. The van der Waals surface area contributed by atoms with E-state index in [2.05, 4.69) is 10.3 Å². The van der Waals surface area contributed by atoms with Gasteiger partial charge in [0.1, 0.15) is 5.56 Å². The molecule has 9 nitrogen and oxygen atoms in total. The highest BCUT2D eigenvalue weighted by Gasteiger charge is 2.23. The number of rotatable bonds is 5. The number of carboxylic acids is 1. The fourth-order valence-corrected chi connectivity index (χ4v) is 1.37. The highest BCUT2D eigenvalue weighted by molar-refractivity contribution is 5.94. The SMILES string of the molecule is CC(NC(=O)c1cc([N+](=O)[O-])c[nH]c1=O)C(C)C(=O)O. The molecule has 0 radical (unpaired) electrons. The molecule has 0 aliphatic rings. The van der Waals surface area contributed by atoms with Crippen molar-refractivity contribution in [2.75, 3.05) is 0 Å². The topological polar surface area (TPSA) is 142 Å². The van der Waals surface area contributed by atoms with E-state index in [1.54, 1.807) is 0 Å². The first kappa shape index (κ1) is 15.3. The van der Waals surface area contributed by atoms with E-state index >= 15 is 0 Å². The number of carbonyl (C=O) groups excluding carboxylic acids is 1. The minimum Gasteiger partial charge on any atom is -0.481 e. The van der Waals surface area contributed by atoms with Gasteiger partial charge >= 0.3 is 5.97 Å². The molecule has 0 saturated heterocycles. The first-order chi connectivity index (χ1) is 9.23. The molecule has 108 valence electrons. The van der Waals surface area contributed by atoms with Crippen molar-refractivity contribution < 1.29 is 19.6 Å². The maximum absolute atomic E-state index is 11.8. The van der Waals surface area contributed by atoms with Gasteiger partial charge in [-0.05, 0) is 13.8 Å². The van der Waals surface area contributed by atoms with Crippen LogP contribution in [0.15, 0.2) is 17.1 Å². The third-order valence-electron chi connectivity index (χ3n) is 2.84. The highest BCUT2D eigenvalue weighted by atomic mass is 16.6. The molecule has 3 N–H and O–H groups in total. The monoisotopic (exact) mass is 283 g/mol. The lowest BCUT2D eigenvalue weighted by Gasteiger charge is -2.17. The summed E-state index contributed by atoms with van der Waals surface area (Å²) in [6.45, 7) is 2.85. The van der Waals surface area contributed by atoms with Gasteiger partial charge in [0.05, 0.1) is 17.0 Å². The summed E-state index contributed by atoms with van der Waals surface area (Å²) in [4.78, 5) is 46.0. The van der Waals surface area contributed by atoms with Crippen molar-refractivity contribution in [3.8, 4) is 0 Å². The van der Waals surface area contributed by atoms with Gasteiger partial charge in [-0.25, -0.2) is 0 Å². The third kappa shape index (κ3) is 3.40. The van der Waals surface area contributed by atoms with Crippen molar-refractivity contribution in [3.05, 3.63) is 38.3 Å². The second kappa shape index (κ2) is 5.95. The number of hydrogen-bond acceptors (Lipinski definition) is 5. The van der Waals surface area contributed by atoms with Crippen LogP contribution in [-0.2, 0) is 4.79 Å². The number of amides is 1. The summed E-state index contributed by atoms with van der Waals surface area (Å²) >= 11 is 0. The summed E-state index contributed by atoms with van der Waals surface area (Å²) in [6, 6.07) is 0.102. The fraction of sp³-hybridized carbons (Fsp3) is 0.364. The molecule has 0 aliphatic heterocycles. The predicted octanol–water partition coefficient (Wildman–Crippen LogP) is 0.122. The zero-order valence-electron chi connectivity index (χ0n) is 10.7. The molecule has 1 rings (SSSR count). The van der Waals surface area contributed by atoms with Crippen LogP contribution in [0.4, 0.5) is 5.69 Å². The van der Waals surface area contributed by atoms with E-state index in [0.29, 0.717) is 0 Å². The van der Waals surface area contributed by atoms with Crippen LogP contribution in [0.5, 0.6) is 0 Å². The molecule has 1 heterocycles. The summed E-state index contributed by atoms with van der Waals surface area (Å²) in [6.07, 6.45) is 0.877. The van der Waals surface area contributed by atoms with E-state index in [1.165, 1.54) is 13.8 Å². The largest absolute Gasteiger partial charge is 0.481 e. The summed E-state index contributed by atoms with van der Waals surface area (Å²) in [5.41, 5.74) is -1.67. The number of H-pyrrole nitrogens is 1. The number of nitrogens with one attached hydrogen (secondary N) is 2. The van der Waals surface area contributed by atoms with E-state index in [0.717, 1.165) is 12.3 Å². The molecule has 20 heavy (non-hydrogen) atoms. The lowest BCUT2D eigenvalue weighted by Crippen LogP contribution is -2.41. The molecule has 2 unspecified atom stereocenters. The van der Waals surface area contributed by atoms with E-state index in [1.807, 2.05) is 0 Å². The molecule has 0 bridgehead atoms. The molecule has 0 aliphatic carbocycles. The van der Waals surface area contributed by atoms with Crippen molar-refractivity contribution in [1.29, 1.82) is 0 Å². The molecule has 0 saturated carbocycles. The maximum Gasteiger partial charge on any atom is 0.308 e. The molecule has 9 heteroatoms. The summed E-state index contributed by atoms with van der Waals surface area (Å²) in [5, 5.41) is 21.7.